The zero-order valence-corrected chi connectivity index (χ0v) is 16.0. The molecule has 1 aromatic rings. The van der Waals surface area contributed by atoms with Crippen molar-refractivity contribution in [1.29, 1.82) is 0 Å². The molecule has 1 aromatic carbocycles. The van der Waals surface area contributed by atoms with Crippen molar-refractivity contribution in [1.82, 2.24) is 0 Å². The summed E-state index contributed by atoms with van der Waals surface area (Å²) in [5.74, 6) is -0.877. The highest BCUT2D eigenvalue weighted by atomic mass is 16.5. The number of carbonyl (C=O) groups is 2. The Morgan fingerprint density at radius 2 is 1.64 bits per heavy atom. The second kappa shape index (κ2) is 10.9. The average molecular weight is 348 g/mol. The number of aromatic carboxylic acids is 1. The van der Waals surface area contributed by atoms with Gasteiger partial charge in [-0.15, -0.1) is 0 Å². The summed E-state index contributed by atoms with van der Waals surface area (Å²) < 4.78 is 5.17. The summed E-state index contributed by atoms with van der Waals surface area (Å²) in [7, 11) is 0. The van der Waals surface area contributed by atoms with Gasteiger partial charge in [0.15, 0.2) is 0 Å². The third kappa shape index (κ3) is 7.72. The largest absolute Gasteiger partial charge is 0.478 e. The molecule has 0 saturated carbocycles. The van der Waals surface area contributed by atoms with Gasteiger partial charge in [-0.1, -0.05) is 58.1 Å². The van der Waals surface area contributed by atoms with Crippen molar-refractivity contribution in [2.24, 2.45) is 5.92 Å². The van der Waals surface area contributed by atoms with Crippen molar-refractivity contribution >= 4 is 11.9 Å². The van der Waals surface area contributed by atoms with Crippen molar-refractivity contribution in [3.8, 4) is 0 Å². The minimum absolute atomic E-state index is 0.0907. The normalized spacial score (nSPS) is 11.1. The van der Waals surface area contributed by atoms with Crippen LogP contribution in [0.2, 0.25) is 0 Å². The van der Waals surface area contributed by atoms with Crippen LogP contribution in [0.1, 0.15) is 92.5 Å². The van der Waals surface area contributed by atoms with E-state index in [2.05, 4.69) is 13.8 Å². The molecule has 0 aliphatic rings. The van der Waals surface area contributed by atoms with Crippen molar-refractivity contribution in [2.45, 2.75) is 78.7 Å². The fraction of sp³-hybridized carbons (Fsp3) is 0.619. The molecule has 0 aliphatic carbocycles. The Balaban J connectivity index is 2.64. The van der Waals surface area contributed by atoms with E-state index < -0.39 is 11.9 Å². The minimum atomic E-state index is -1.07. The molecule has 0 radical (unpaired) electrons. The SMILES string of the molecule is CC(C)CCCCCCCc1cccc(C(=O)OC(C)C)c1C(=O)O. The van der Waals surface area contributed by atoms with E-state index in [4.69, 9.17) is 4.74 Å². The molecule has 0 aliphatic heterocycles. The summed E-state index contributed by atoms with van der Waals surface area (Å²) in [6, 6.07) is 5.07. The number of carboxylic acid groups (broad SMARTS) is 1. The number of benzene rings is 1. The molecule has 0 aromatic heterocycles. The molecule has 25 heavy (non-hydrogen) atoms. The van der Waals surface area contributed by atoms with Gasteiger partial charge in [0.2, 0.25) is 0 Å². The van der Waals surface area contributed by atoms with E-state index in [0.29, 0.717) is 12.0 Å². The van der Waals surface area contributed by atoms with Crippen LogP contribution in [-0.4, -0.2) is 23.1 Å². The van der Waals surface area contributed by atoms with Gasteiger partial charge in [-0.2, -0.15) is 0 Å². The number of carboxylic acids is 1. The highest BCUT2D eigenvalue weighted by Gasteiger charge is 2.21. The summed E-state index contributed by atoms with van der Waals surface area (Å²) in [6.07, 6.45) is 7.34. The maximum absolute atomic E-state index is 12.2. The number of hydrogen-bond acceptors (Lipinski definition) is 3. The van der Waals surface area contributed by atoms with Gasteiger partial charge < -0.3 is 9.84 Å². The zero-order chi connectivity index (χ0) is 18.8. The maximum atomic E-state index is 12.2. The van der Waals surface area contributed by atoms with Crippen LogP contribution in [-0.2, 0) is 11.2 Å². The second-order valence-electron chi connectivity index (χ2n) is 7.30. The molecule has 1 rings (SSSR count). The molecule has 0 heterocycles. The first kappa shape index (κ1) is 21.2. The molecule has 140 valence electrons. The molecule has 0 amide bonds. The molecule has 0 spiro atoms. The van der Waals surface area contributed by atoms with Crippen LogP contribution in [0.4, 0.5) is 0 Å². The lowest BCUT2D eigenvalue weighted by atomic mass is 9.96. The Labute approximate surface area is 151 Å². The Kier molecular flexibility index (Phi) is 9.25. The smallest absolute Gasteiger partial charge is 0.339 e. The number of unbranched alkanes of at least 4 members (excludes halogenated alkanes) is 4. The van der Waals surface area contributed by atoms with Gasteiger partial charge in [0.1, 0.15) is 0 Å². The van der Waals surface area contributed by atoms with E-state index in [9.17, 15) is 14.7 Å². The lowest BCUT2D eigenvalue weighted by Crippen LogP contribution is -2.17. The van der Waals surface area contributed by atoms with E-state index >= 15 is 0 Å². The molecule has 0 saturated heterocycles. The van der Waals surface area contributed by atoms with Crippen LogP contribution < -0.4 is 0 Å². The molecular weight excluding hydrogens is 316 g/mol. The molecule has 0 atom stereocenters. The van der Waals surface area contributed by atoms with Crippen molar-refractivity contribution in [2.75, 3.05) is 0 Å². The Morgan fingerprint density at radius 1 is 1.00 bits per heavy atom. The van der Waals surface area contributed by atoms with E-state index in [1.54, 1.807) is 26.0 Å². The summed E-state index contributed by atoms with van der Waals surface area (Å²) >= 11 is 0. The molecule has 0 bridgehead atoms. The first-order valence-electron chi connectivity index (χ1n) is 9.39. The van der Waals surface area contributed by atoms with Crippen LogP contribution in [0.25, 0.3) is 0 Å². The highest BCUT2D eigenvalue weighted by molar-refractivity contribution is 6.03. The molecule has 0 unspecified atom stereocenters. The zero-order valence-electron chi connectivity index (χ0n) is 16.0. The molecule has 0 fully saturated rings. The van der Waals surface area contributed by atoms with Gasteiger partial charge in [-0.25, -0.2) is 9.59 Å². The third-order valence-electron chi connectivity index (χ3n) is 4.15. The number of aryl methyl sites for hydroxylation is 1. The number of ether oxygens (including phenoxy) is 1. The maximum Gasteiger partial charge on any atom is 0.339 e. The van der Waals surface area contributed by atoms with E-state index in [-0.39, 0.29) is 17.2 Å². The number of rotatable bonds is 11. The lowest BCUT2D eigenvalue weighted by Gasteiger charge is -2.13. The standard InChI is InChI=1S/C21H32O4/c1-15(2)11-8-6-5-7-9-12-17-13-10-14-18(19(17)20(22)23)21(24)25-16(3)4/h10,13-16H,5-9,11-12H2,1-4H3,(H,22,23). The molecule has 4 nitrogen and oxygen atoms in total. The second-order valence-corrected chi connectivity index (χ2v) is 7.30. The van der Waals surface area contributed by atoms with Crippen molar-refractivity contribution in [3.05, 3.63) is 34.9 Å². The van der Waals surface area contributed by atoms with Gasteiger partial charge in [-0.05, 0) is 44.2 Å². The van der Waals surface area contributed by atoms with Gasteiger partial charge in [0, 0.05) is 0 Å². The van der Waals surface area contributed by atoms with Crippen molar-refractivity contribution in [3.63, 3.8) is 0 Å². The quantitative estimate of drug-likeness (QED) is 0.424. The van der Waals surface area contributed by atoms with E-state index in [1.165, 1.54) is 31.7 Å². The lowest BCUT2D eigenvalue weighted by molar-refractivity contribution is 0.0370. The monoisotopic (exact) mass is 348 g/mol. The van der Waals surface area contributed by atoms with Gasteiger partial charge in [-0.3, -0.25) is 0 Å². The predicted octanol–water partition coefficient (Wildman–Crippen LogP) is 5.49. The fourth-order valence-electron chi connectivity index (χ4n) is 2.91. The summed E-state index contributed by atoms with van der Waals surface area (Å²) in [4.78, 5) is 23.8. The summed E-state index contributed by atoms with van der Waals surface area (Å²) in [5, 5.41) is 9.55. The van der Waals surface area contributed by atoms with Gasteiger partial charge in [0.25, 0.3) is 0 Å². The first-order valence-corrected chi connectivity index (χ1v) is 9.39. The molecule has 4 heteroatoms. The van der Waals surface area contributed by atoms with Crippen molar-refractivity contribution < 1.29 is 19.4 Å². The summed E-state index contributed by atoms with van der Waals surface area (Å²) in [6.45, 7) is 7.98. The Bertz CT molecular complexity index is 561. The highest BCUT2D eigenvalue weighted by Crippen LogP contribution is 2.20. The Hall–Kier alpha value is -1.84. The van der Waals surface area contributed by atoms with Crippen LogP contribution >= 0.6 is 0 Å². The van der Waals surface area contributed by atoms with E-state index in [0.717, 1.165) is 18.8 Å². The van der Waals surface area contributed by atoms with E-state index in [1.807, 2.05) is 0 Å². The number of hydrogen-bond donors (Lipinski definition) is 1. The number of carbonyl (C=O) groups excluding carboxylic acids is 1. The summed E-state index contributed by atoms with van der Waals surface area (Å²) in [5.41, 5.74) is 0.955. The minimum Gasteiger partial charge on any atom is -0.478 e. The van der Waals surface area contributed by atoms with Crippen LogP contribution in [0.5, 0.6) is 0 Å². The topological polar surface area (TPSA) is 63.6 Å². The fourth-order valence-corrected chi connectivity index (χ4v) is 2.91. The molecular formula is C21H32O4. The van der Waals surface area contributed by atoms with Crippen LogP contribution in [0.3, 0.4) is 0 Å². The van der Waals surface area contributed by atoms with Gasteiger partial charge in [0.05, 0.1) is 17.2 Å². The third-order valence-corrected chi connectivity index (χ3v) is 4.15. The first-order chi connectivity index (χ1) is 11.8. The predicted molar refractivity (Wildman–Crippen MR) is 100 cm³/mol. The number of esters is 1. The molecule has 1 N–H and O–H groups in total. The average Bonchev–Trinajstić information content (AvgIpc) is 2.52. The van der Waals surface area contributed by atoms with Gasteiger partial charge >= 0.3 is 11.9 Å². The van der Waals surface area contributed by atoms with Crippen LogP contribution in [0.15, 0.2) is 18.2 Å². The Morgan fingerprint density at radius 3 is 2.24 bits per heavy atom. The van der Waals surface area contributed by atoms with Crippen LogP contribution in [0, 0.1) is 5.92 Å².